The number of hydrogen-bond donors (Lipinski definition) is 0. The number of pyridine rings is 1. The molecule has 2 nitrogen and oxygen atoms in total. The van der Waals surface area contributed by atoms with Gasteiger partial charge in [0.15, 0.2) is 0 Å². The monoisotopic (exact) mass is 437 g/mol. The van der Waals surface area contributed by atoms with Gasteiger partial charge < -0.3 is 0 Å². The third kappa shape index (κ3) is 2.27. The van der Waals surface area contributed by atoms with E-state index in [1.54, 1.807) is 4.40 Å². The Morgan fingerprint density at radius 1 is 0.759 bits per heavy atom. The zero-order chi connectivity index (χ0) is 19.8. The van der Waals surface area contributed by atoms with E-state index in [1.165, 1.54) is 31.9 Å². The molecule has 0 fully saturated rings. The first-order valence-corrected chi connectivity index (χ1v) is 16.4. The van der Waals surface area contributed by atoms with Crippen molar-refractivity contribution in [3.8, 4) is 22.4 Å². The molecule has 0 amide bonds. The van der Waals surface area contributed by atoms with Crippen LogP contribution >= 0.6 is 0 Å². The topological polar surface area (TPSA) is 26.0 Å². The molecule has 1 aliphatic heterocycles. The second kappa shape index (κ2) is 5.83. The first kappa shape index (κ1) is 17.0. The fourth-order valence-electron chi connectivity index (χ4n) is 4.93. The van der Waals surface area contributed by atoms with Crippen molar-refractivity contribution in [1.29, 1.82) is 0 Å². The van der Waals surface area contributed by atoms with Crippen LogP contribution in [0.25, 0.3) is 44.3 Å². The number of furan rings is 1. The normalized spacial score (nSPS) is 14.3. The summed E-state index contributed by atoms with van der Waals surface area (Å²) in [7, 11) is 0. The van der Waals surface area contributed by atoms with Crippen LogP contribution in [0.4, 0.5) is 0 Å². The van der Waals surface area contributed by atoms with E-state index in [4.69, 9.17) is 4.42 Å². The zero-order valence-electron chi connectivity index (χ0n) is 16.8. The number of rotatable bonds is 1. The molecule has 0 N–H and O–H groups in total. The van der Waals surface area contributed by atoms with Gasteiger partial charge in [0.25, 0.3) is 0 Å². The molecular weight excluding hydrogens is 415 g/mol. The van der Waals surface area contributed by atoms with Crippen molar-refractivity contribution < 1.29 is 4.42 Å². The fraction of sp³-hybridized carbons (Fsp3) is 0.115. The van der Waals surface area contributed by atoms with Gasteiger partial charge in [-0.25, -0.2) is 0 Å². The third-order valence-electron chi connectivity index (χ3n) is 6.40. The fourth-order valence-corrected chi connectivity index (χ4v) is 11.3. The molecule has 0 saturated carbocycles. The van der Waals surface area contributed by atoms with Crippen LogP contribution in [0.5, 0.6) is 0 Å². The minimum absolute atomic E-state index is 0.934. The van der Waals surface area contributed by atoms with Gasteiger partial charge in [0, 0.05) is 0 Å². The van der Waals surface area contributed by atoms with Crippen molar-refractivity contribution in [3.63, 3.8) is 0 Å². The van der Waals surface area contributed by atoms with Crippen LogP contribution in [0.1, 0.15) is 5.56 Å². The van der Waals surface area contributed by atoms with Crippen LogP contribution in [0, 0.1) is 6.92 Å². The van der Waals surface area contributed by atoms with Gasteiger partial charge in [0.05, 0.1) is 0 Å². The van der Waals surface area contributed by atoms with Crippen molar-refractivity contribution in [2.24, 2.45) is 0 Å². The molecule has 0 atom stereocenters. The van der Waals surface area contributed by atoms with Crippen molar-refractivity contribution in [1.82, 2.24) is 4.98 Å². The van der Waals surface area contributed by atoms with E-state index in [0.29, 0.717) is 0 Å². The van der Waals surface area contributed by atoms with E-state index in [1.807, 2.05) is 12.3 Å². The Morgan fingerprint density at radius 3 is 2.41 bits per heavy atom. The maximum absolute atomic E-state index is 6.66. The number of benzene rings is 3. The van der Waals surface area contributed by atoms with Crippen LogP contribution in [-0.4, -0.2) is 18.3 Å². The molecule has 5 aromatic rings. The minimum atomic E-state index is -2.29. The first-order chi connectivity index (χ1) is 14.1. The van der Waals surface area contributed by atoms with Crippen LogP contribution < -0.4 is 8.79 Å². The summed E-state index contributed by atoms with van der Waals surface area (Å²) >= 11 is -2.29. The van der Waals surface area contributed by atoms with E-state index in [-0.39, 0.29) is 0 Å². The average Bonchev–Trinajstić information content (AvgIpc) is 3.21. The Balaban J connectivity index is 1.73. The van der Waals surface area contributed by atoms with Gasteiger partial charge in [-0.1, -0.05) is 0 Å². The summed E-state index contributed by atoms with van der Waals surface area (Å²) in [5.41, 5.74) is 7.88. The van der Waals surface area contributed by atoms with E-state index in [0.717, 1.165) is 22.4 Å². The van der Waals surface area contributed by atoms with Gasteiger partial charge in [0.1, 0.15) is 0 Å². The molecule has 3 heteroatoms. The molecule has 3 aromatic carbocycles. The second-order valence-electron chi connectivity index (χ2n) is 8.54. The van der Waals surface area contributed by atoms with Gasteiger partial charge in [-0.3, -0.25) is 0 Å². The van der Waals surface area contributed by atoms with Crippen molar-refractivity contribution in [2.45, 2.75) is 18.4 Å². The number of para-hydroxylation sites is 1. The summed E-state index contributed by atoms with van der Waals surface area (Å²) in [5, 5.41) is 2.36. The molecule has 0 radical (unpaired) electrons. The first-order valence-electron chi connectivity index (χ1n) is 10.1. The van der Waals surface area contributed by atoms with Crippen LogP contribution in [0.2, 0.25) is 11.5 Å². The van der Waals surface area contributed by atoms with Crippen molar-refractivity contribution in [2.75, 3.05) is 0 Å². The summed E-state index contributed by atoms with van der Waals surface area (Å²) in [6.07, 6.45) is 1.87. The standard InChI is InChI=1S/C26H21GeNO/c1-16-13-14-28-23(15-16)20-9-6-8-17-18-11-12-22-24(26(18)29-25(17)20)19-7-4-5-10-21(19)27(22,2)3/h4-15H,1-3H3. The summed E-state index contributed by atoms with van der Waals surface area (Å²) in [6, 6.07) is 24.1. The average molecular weight is 436 g/mol. The zero-order valence-corrected chi connectivity index (χ0v) is 18.9. The van der Waals surface area contributed by atoms with Gasteiger partial charge >= 0.3 is 173 Å². The Bertz CT molecular complexity index is 1440. The Hall–Kier alpha value is -2.85. The van der Waals surface area contributed by atoms with E-state index >= 15 is 0 Å². The third-order valence-corrected chi connectivity index (χ3v) is 13.8. The van der Waals surface area contributed by atoms with Crippen LogP contribution in [0.3, 0.4) is 0 Å². The molecule has 0 aliphatic carbocycles. The second-order valence-corrected chi connectivity index (χ2v) is 17.6. The molecule has 0 bridgehead atoms. The Labute approximate surface area is 172 Å². The van der Waals surface area contributed by atoms with Gasteiger partial charge in [-0.15, -0.1) is 0 Å². The van der Waals surface area contributed by atoms with E-state index < -0.39 is 13.3 Å². The Kier molecular flexibility index (Phi) is 3.43. The van der Waals surface area contributed by atoms with Gasteiger partial charge in [-0.05, 0) is 0 Å². The number of nitrogens with zero attached hydrogens (tertiary/aromatic N) is 1. The number of aryl methyl sites for hydroxylation is 1. The predicted octanol–water partition coefficient (Wildman–Crippen LogP) is 5.76. The summed E-state index contributed by atoms with van der Waals surface area (Å²) < 4.78 is 9.73. The van der Waals surface area contributed by atoms with Crippen LogP contribution in [0.15, 0.2) is 77.3 Å². The summed E-state index contributed by atoms with van der Waals surface area (Å²) in [6.45, 7) is 2.10. The molecule has 0 saturated heterocycles. The maximum atomic E-state index is 6.66. The summed E-state index contributed by atoms with van der Waals surface area (Å²) in [4.78, 5) is 4.61. The number of aromatic nitrogens is 1. The molecule has 0 spiro atoms. The molecular formula is C26H21GeNO. The SMILES string of the molecule is Cc1ccnc(-c2cccc3c2oc2c4[c](ccc23)[Ge]([CH3])([CH3])[c]2ccccc2-4)c1. The molecule has 29 heavy (non-hydrogen) atoms. The quantitative estimate of drug-likeness (QED) is 0.313. The van der Waals surface area contributed by atoms with Gasteiger partial charge in [0.2, 0.25) is 0 Å². The summed E-state index contributed by atoms with van der Waals surface area (Å²) in [5.74, 6) is 4.97. The van der Waals surface area contributed by atoms with Crippen molar-refractivity contribution >= 4 is 44.0 Å². The predicted molar refractivity (Wildman–Crippen MR) is 124 cm³/mol. The number of fused-ring (bicyclic) bond motifs is 7. The van der Waals surface area contributed by atoms with Gasteiger partial charge in [-0.2, -0.15) is 0 Å². The molecule has 2 aromatic heterocycles. The van der Waals surface area contributed by atoms with Crippen molar-refractivity contribution in [3.05, 3.63) is 78.5 Å². The Morgan fingerprint density at radius 2 is 1.55 bits per heavy atom. The molecule has 140 valence electrons. The van der Waals surface area contributed by atoms with E-state index in [2.05, 4.69) is 84.1 Å². The molecule has 0 unspecified atom stereocenters. The number of hydrogen-bond acceptors (Lipinski definition) is 2. The molecule has 6 rings (SSSR count). The molecule has 1 aliphatic rings. The molecule has 3 heterocycles. The van der Waals surface area contributed by atoms with Crippen LogP contribution in [-0.2, 0) is 0 Å². The van der Waals surface area contributed by atoms with E-state index in [9.17, 15) is 0 Å².